The maximum absolute atomic E-state index is 10.1. The van der Waals surface area contributed by atoms with Crippen LogP contribution in [0.2, 0.25) is 0 Å². The molecule has 0 bridgehead atoms. The summed E-state index contributed by atoms with van der Waals surface area (Å²) in [6.07, 6.45) is 4.31. The van der Waals surface area contributed by atoms with Crippen molar-refractivity contribution in [3.8, 4) is 0 Å². The molecule has 18 heavy (non-hydrogen) atoms. The quantitative estimate of drug-likeness (QED) is 0.896. The average molecular weight is 264 g/mol. The molecule has 0 heterocycles. The van der Waals surface area contributed by atoms with Crippen molar-refractivity contribution in [1.82, 2.24) is 0 Å². The van der Waals surface area contributed by atoms with Gasteiger partial charge in [-0.2, -0.15) is 11.8 Å². The third-order valence-electron chi connectivity index (χ3n) is 3.34. The maximum Gasteiger partial charge on any atom is 0.0671 e. The van der Waals surface area contributed by atoms with Gasteiger partial charge in [-0.25, -0.2) is 0 Å². The first-order chi connectivity index (χ1) is 8.44. The van der Waals surface area contributed by atoms with Gasteiger partial charge < -0.3 is 5.11 Å². The lowest BCUT2D eigenvalue weighted by Gasteiger charge is -2.20. The Bertz CT molecular complexity index is 406. The molecule has 1 aromatic carbocycles. The first-order valence-corrected chi connectivity index (χ1v) is 7.85. The molecule has 1 unspecified atom stereocenters. The first-order valence-electron chi connectivity index (χ1n) is 6.87. The first kappa shape index (κ1) is 14.0. The second-order valence-corrected chi connectivity index (χ2v) is 8.08. The number of aliphatic hydroxyl groups is 1. The molecule has 1 nitrogen and oxygen atoms in total. The number of benzene rings is 1. The average Bonchev–Trinajstić information content (AvgIpc) is 2.72. The molecule has 1 atom stereocenters. The van der Waals surface area contributed by atoms with E-state index in [2.05, 4.69) is 39.0 Å². The van der Waals surface area contributed by atoms with Crippen molar-refractivity contribution in [2.75, 3.05) is 5.75 Å². The summed E-state index contributed by atoms with van der Waals surface area (Å²) in [5.41, 5.74) is 4.30. The minimum Gasteiger partial charge on any atom is -0.392 e. The summed E-state index contributed by atoms with van der Waals surface area (Å²) in [6.45, 7) is 6.58. The van der Waals surface area contributed by atoms with Crippen molar-refractivity contribution in [1.29, 1.82) is 0 Å². The molecule has 1 aliphatic carbocycles. The van der Waals surface area contributed by atoms with E-state index in [1.54, 1.807) is 0 Å². The summed E-state index contributed by atoms with van der Waals surface area (Å²) >= 11 is 1.84. The van der Waals surface area contributed by atoms with Gasteiger partial charge >= 0.3 is 0 Å². The van der Waals surface area contributed by atoms with Gasteiger partial charge in [-0.1, -0.05) is 39.0 Å². The molecule has 1 N–H and O–H groups in total. The Kier molecular flexibility index (Phi) is 4.39. The summed E-state index contributed by atoms with van der Waals surface area (Å²) in [5.74, 6) is 0.820. The molecular weight excluding hydrogens is 240 g/mol. The number of fused-ring (bicyclic) bond motifs is 1. The molecule has 0 saturated heterocycles. The van der Waals surface area contributed by atoms with E-state index in [-0.39, 0.29) is 10.9 Å². The van der Waals surface area contributed by atoms with Crippen molar-refractivity contribution in [2.45, 2.75) is 57.3 Å². The number of thioether (sulfide) groups is 1. The molecule has 0 aromatic heterocycles. The second kappa shape index (κ2) is 5.66. The number of aliphatic hydroxyl groups excluding tert-OH is 1. The number of hydrogen-bond acceptors (Lipinski definition) is 2. The van der Waals surface area contributed by atoms with Gasteiger partial charge in [0.1, 0.15) is 0 Å². The summed E-state index contributed by atoms with van der Waals surface area (Å²) in [4.78, 5) is 0. The van der Waals surface area contributed by atoms with Crippen LogP contribution < -0.4 is 0 Å². The van der Waals surface area contributed by atoms with Crippen LogP contribution in [0.25, 0.3) is 0 Å². The standard InChI is InChI=1S/C16H24OS/c1-16(2,3)18-11-15(17)10-12-7-8-13-5-4-6-14(13)9-12/h7-9,15,17H,4-6,10-11H2,1-3H3. The topological polar surface area (TPSA) is 20.2 Å². The molecule has 1 aliphatic rings. The van der Waals surface area contributed by atoms with Crippen LogP contribution in [0.3, 0.4) is 0 Å². The number of hydrogen-bond donors (Lipinski definition) is 1. The Morgan fingerprint density at radius 1 is 1.22 bits per heavy atom. The minimum absolute atomic E-state index is 0.228. The smallest absolute Gasteiger partial charge is 0.0671 e. The predicted octanol–water partition coefficient (Wildman–Crippen LogP) is 3.61. The Morgan fingerprint density at radius 2 is 1.94 bits per heavy atom. The van der Waals surface area contributed by atoms with Gasteiger partial charge in [-0.15, -0.1) is 0 Å². The molecule has 0 fully saturated rings. The summed E-state index contributed by atoms with van der Waals surface area (Å²) < 4.78 is 0.235. The molecule has 0 radical (unpaired) electrons. The highest BCUT2D eigenvalue weighted by molar-refractivity contribution is 8.00. The highest BCUT2D eigenvalue weighted by atomic mass is 32.2. The second-order valence-electron chi connectivity index (χ2n) is 6.24. The highest BCUT2D eigenvalue weighted by Crippen LogP contribution is 2.26. The molecule has 2 heteroatoms. The summed E-state index contributed by atoms with van der Waals surface area (Å²) in [6, 6.07) is 6.74. The van der Waals surface area contributed by atoms with Crippen LogP contribution in [-0.4, -0.2) is 21.7 Å². The molecule has 2 rings (SSSR count). The van der Waals surface area contributed by atoms with Crippen molar-refractivity contribution in [3.05, 3.63) is 34.9 Å². The zero-order valence-corrected chi connectivity index (χ0v) is 12.5. The van der Waals surface area contributed by atoms with Crippen LogP contribution in [0.4, 0.5) is 0 Å². The number of aryl methyl sites for hydroxylation is 2. The van der Waals surface area contributed by atoms with Crippen molar-refractivity contribution < 1.29 is 5.11 Å². The molecule has 0 aliphatic heterocycles. The minimum atomic E-state index is -0.228. The van der Waals surface area contributed by atoms with Crippen molar-refractivity contribution >= 4 is 11.8 Å². The van der Waals surface area contributed by atoms with E-state index in [1.165, 1.54) is 36.0 Å². The van der Waals surface area contributed by atoms with Gasteiger partial charge in [0, 0.05) is 10.5 Å². The van der Waals surface area contributed by atoms with Crippen LogP contribution in [-0.2, 0) is 19.3 Å². The third kappa shape index (κ3) is 4.03. The molecule has 1 aromatic rings. The normalized spacial score (nSPS) is 16.7. The van der Waals surface area contributed by atoms with Gasteiger partial charge in [0.25, 0.3) is 0 Å². The fourth-order valence-corrected chi connectivity index (χ4v) is 3.24. The van der Waals surface area contributed by atoms with Gasteiger partial charge in [-0.05, 0) is 42.4 Å². The lowest BCUT2D eigenvalue weighted by molar-refractivity contribution is 0.200. The van der Waals surface area contributed by atoms with E-state index in [1.807, 2.05) is 11.8 Å². The molecule has 0 spiro atoms. The van der Waals surface area contributed by atoms with Gasteiger partial charge in [0.05, 0.1) is 6.10 Å². The largest absolute Gasteiger partial charge is 0.392 e. The van der Waals surface area contributed by atoms with E-state index in [0.717, 1.165) is 12.2 Å². The van der Waals surface area contributed by atoms with E-state index in [9.17, 15) is 5.11 Å². The maximum atomic E-state index is 10.1. The van der Waals surface area contributed by atoms with E-state index < -0.39 is 0 Å². The Hall–Kier alpha value is -0.470. The molecule has 0 saturated carbocycles. The van der Waals surface area contributed by atoms with E-state index >= 15 is 0 Å². The van der Waals surface area contributed by atoms with Gasteiger partial charge in [0.2, 0.25) is 0 Å². The lowest BCUT2D eigenvalue weighted by Crippen LogP contribution is -2.18. The van der Waals surface area contributed by atoms with Crippen LogP contribution in [0.15, 0.2) is 18.2 Å². The SMILES string of the molecule is CC(C)(C)SCC(O)Cc1ccc2c(c1)CCC2. The van der Waals surface area contributed by atoms with Gasteiger partial charge in [-0.3, -0.25) is 0 Å². The fourth-order valence-electron chi connectivity index (χ4n) is 2.43. The summed E-state index contributed by atoms with van der Waals surface area (Å²) in [7, 11) is 0. The highest BCUT2D eigenvalue weighted by Gasteiger charge is 2.16. The molecule has 0 amide bonds. The monoisotopic (exact) mass is 264 g/mol. The lowest BCUT2D eigenvalue weighted by atomic mass is 10.0. The fraction of sp³-hybridized carbons (Fsp3) is 0.625. The van der Waals surface area contributed by atoms with E-state index in [4.69, 9.17) is 0 Å². The van der Waals surface area contributed by atoms with Crippen LogP contribution in [0, 0.1) is 0 Å². The van der Waals surface area contributed by atoms with Gasteiger partial charge in [0.15, 0.2) is 0 Å². The zero-order valence-electron chi connectivity index (χ0n) is 11.7. The Balaban J connectivity index is 1.89. The van der Waals surface area contributed by atoms with E-state index in [0.29, 0.717) is 0 Å². The Labute approximate surface area is 115 Å². The predicted molar refractivity (Wildman–Crippen MR) is 80.4 cm³/mol. The third-order valence-corrected chi connectivity index (χ3v) is 4.76. The van der Waals surface area contributed by atoms with Crippen LogP contribution >= 0.6 is 11.8 Å². The van der Waals surface area contributed by atoms with Crippen molar-refractivity contribution in [2.24, 2.45) is 0 Å². The summed E-state index contributed by atoms with van der Waals surface area (Å²) in [5, 5.41) is 10.1. The van der Waals surface area contributed by atoms with Crippen LogP contribution in [0.5, 0.6) is 0 Å². The Morgan fingerprint density at radius 3 is 2.67 bits per heavy atom. The van der Waals surface area contributed by atoms with Crippen molar-refractivity contribution in [3.63, 3.8) is 0 Å². The molecule has 100 valence electrons. The van der Waals surface area contributed by atoms with Crippen LogP contribution in [0.1, 0.15) is 43.9 Å². The number of rotatable bonds is 4. The zero-order chi connectivity index (χ0) is 13.2. The molecular formula is C16H24OS.